The third-order valence-electron chi connectivity index (χ3n) is 2.45. The molecule has 5 heteroatoms. The highest BCUT2D eigenvalue weighted by Gasteiger charge is 2.36. The predicted molar refractivity (Wildman–Crippen MR) is 56.2 cm³/mol. The minimum atomic E-state index is -0.441. The van der Waals surface area contributed by atoms with Gasteiger partial charge in [0, 0.05) is 20.1 Å². The van der Waals surface area contributed by atoms with Gasteiger partial charge in [-0.3, -0.25) is 9.63 Å². The van der Waals surface area contributed by atoms with E-state index < -0.39 is 6.10 Å². The first-order chi connectivity index (χ1) is 6.85. The van der Waals surface area contributed by atoms with Gasteiger partial charge in [0.25, 0.3) is 5.91 Å². The number of hydrogen-bond acceptors (Lipinski definition) is 4. The van der Waals surface area contributed by atoms with Gasteiger partial charge in [0.05, 0.1) is 12.7 Å². The maximum atomic E-state index is 11.8. The molecule has 0 radical (unpaired) electrons. The lowest BCUT2D eigenvalue weighted by atomic mass is 10.1. The van der Waals surface area contributed by atoms with Crippen molar-refractivity contribution in [3.63, 3.8) is 0 Å². The number of morpholine rings is 1. The van der Waals surface area contributed by atoms with Crippen molar-refractivity contribution < 1.29 is 14.4 Å². The fraction of sp³-hybridized carbons (Fsp3) is 0.900. The summed E-state index contributed by atoms with van der Waals surface area (Å²) >= 11 is 0. The molecule has 0 aromatic carbocycles. The molecule has 1 aliphatic rings. The third kappa shape index (κ3) is 3.15. The molecule has 5 nitrogen and oxygen atoms in total. The van der Waals surface area contributed by atoms with Crippen LogP contribution in [0.4, 0.5) is 0 Å². The third-order valence-corrected chi connectivity index (χ3v) is 2.45. The molecule has 88 valence electrons. The lowest BCUT2D eigenvalue weighted by Gasteiger charge is -2.41. The van der Waals surface area contributed by atoms with E-state index in [1.165, 1.54) is 12.2 Å². The molecule has 1 rings (SSSR count). The van der Waals surface area contributed by atoms with Crippen molar-refractivity contribution in [3.05, 3.63) is 0 Å². The summed E-state index contributed by atoms with van der Waals surface area (Å²) in [6.45, 7) is 5.40. The second kappa shape index (κ2) is 4.47. The highest BCUT2D eigenvalue weighted by Crippen LogP contribution is 2.20. The second-order valence-corrected chi connectivity index (χ2v) is 4.58. The van der Waals surface area contributed by atoms with Crippen LogP contribution in [0.3, 0.4) is 0 Å². The molecule has 0 saturated carbocycles. The van der Waals surface area contributed by atoms with Crippen molar-refractivity contribution in [3.8, 4) is 0 Å². The number of carbonyl (C=O) groups is 1. The first-order valence-corrected chi connectivity index (χ1v) is 5.04. The van der Waals surface area contributed by atoms with Gasteiger partial charge in [0.2, 0.25) is 0 Å². The van der Waals surface area contributed by atoms with Crippen LogP contribution >= 0.6 is 0 Å². The van der Waals surface area contributed by atoms with Crippen LogP contribution < -0.4 is 0 Å². The van der Waals surface area contributed by atoms with E-state index in [1.807, 2.05) is 20.9 Å². The molecule has 1 aliphatic heterocycles. The van der Waals surface area contributed by atoms with E-state index in [0.29, 0.717) is 6.54 Å². The molecule has 1 atom stereocenters. The number of carbonyl (C=O) groups excluding carboxylic acids is 1. The molecule has 0 bridgehead atoms. The van der Waals surface area contributed by atoms with Gasteiger partial charge < -0.3 is 9.64 Å². The predicted octanol–water partition coefficient (Wildman–Crippen LogP) is 0.115. The maximum absolute atomic E-state index is 11.8. The molecular weight excluding hydrogens is 196 g/mol. The summed E-state index contributed by atoms with van der Waals surface area (Å²) in [7, 11) is 5.04. The van der Waals surface area contributed by atoms with E-state index in [0.717, 1.165) is 6.54 Å². The zero-order chi connectivity index (χ0) is 11.6. The Morgan fingerprint density at radius 1 is 1.60 bits per heavy atom. The van der Waals surface area contributed by atoms with Gasteiger partial charge in [-0.25, -0.2) is 5.06 Å². The van der Waals surface area contributed by atoms with Gasteiger partial charge in [-0.15, -0.1) is 0 Å². The summed E-state index contributed by atoms with van der Waals surface area (Å²) in [5.41, 5.74) is -0.290. The van der Waals surface area contributed by atoms with Crippen molar-refractivity contribution in [1.29, 1.82) is 0 Å². The van der Waals surface area contributed by atoms with Crippen LogP contribution in [-0.2, 0) is 14.4 Å². The number of ether oxygens (including phenoxy) is 1. The van der Waals surface area contributed by atoms with Gasteiger partial charge >= 0.3 is 0 Å². The quantitative estimate of drug-likeness (QED) is 0.615. The largest absolute Gasteiger partial charge is 0.360 e. The summed E-state index contributed by atoms with van der Waals surface area (Å²) in [4.78, 5) is 18.8. The fourth-order valence-corrected chi connectivity index (χ4v) is 1.88. The molecule has 1 saturated heterocycles. The summed E-state index contributed by atoms with van der Waals surface area (Å²) in [5.74, 6) is -0.142. The van der Waals surface area contributed by atoms with Crippen molar-refractivity contribution in [2.45, 2.75) is 25.6 Å². The molecule has 1 heterocycles. The summed E-state index contributed by atoms with van der Waals surface area (Å²) in [6, 6.07) is 0. The zero-order valence-corrected chi connectivity index (χ0v) is 10.1. The Morgan fingerprint density at radius 3 is 2.67 bits per heavy atom. The van der Waals surface area contributed by atoms with E-state index >= 15 is 0 Å². The van der Waals surface area contributed by atoms with Crippen LogP contribution in [0.15, 0.2) is 0 Å². The van der Waals surface area contributed by atoms with Crippen LogP contribution in [0.1, 0.15) is 13.8 Å². The Balaban J connectivity index is 2.66. The molecule has 1 fully saturated rings. The van der Waals surface area contributed by atoms with E-state index in [9.17, 15) is 4.79 Å². The van der Waals surface area contributed by atoms with E-state index in [2.05, 4.69) is 4.90 Å². The average molecular weight is 216 g/mol. The number of amides is 1. The van der Waals surface area contributed by atoms with Crippen molar-refractivity contribution in [2.24, 2.45) is 0 Å². The molecule has 15 heavy (non-hydrogen) atoms. The number of rotatable bonds is 2. The standard InChI is InChI=1S/C10H20N2O3/c1-10(2)7-11(3)6-8(15-10)9(13)12(4)14-5/h8H,6-7H2,1-5H3/t8-/m1/s1. The smallest absolute Gasteiger partial charge is 0.276 e. The highest BCUT2D eigenvalue weighted by atomic mass is 16.7. The Hall–Kier alpha value is -0.650. The Labute approximate surface area is 90.9 Å². The van der Waals surface area contributed by atoms with Crippen LogP contribution in [0.2, 0.25) is 0 Å². The maximum Gasteiger partial charge on any atom is 0.276 e. The van der Waals surface area contributed by atoms with Gasteiger partial charge in [0.15, 0.2) is 6.10 Å². The molecular formula is C10H20N2O3. The topological polar surface area (TPSA) is 42.0 Å². The Morgan fingerprint density at radius 2 is 2.20 bits per heavy atom. The number of nitrogens with zero attached hydrogens (tertiary/aromatic N) is 2. The molecule has 0 unspecified atom stereocenters. The first-order valence-electron chi connectivity index (χ1n) is 5.04. The van der Waals surface area contributed by atoms with Gasteiger partial charge in [-0.1, -0.05) is 0 Å². The minimum absolute atomic E-state index is 0.142. The molecule has 0 aliphatic carbocycles. The van der Waals surface area contributed by atoms with Crippen LogP contribution in [0, 0.1) is 0 Å². The van der Waals surface area contributed by atoms with Crippen LogP contribution in [-0.4, -0.2) is 61.9 Å². The monoisotopic (exact) mass is 216 g/mol. The zero-order valence-electron chi connectivity index (χ0n) is 10.1. The van der Waals surface area contributed by atoms with E-state index in [4.69, 9.17) is 9.57 Å². The molecule has 0 spiro atoms. The first kappa shape index (κ1) is 12.4. The summed E-state index contributed by atoms with van der Waals surface area (Å²) in [6.07, 6.45) is -0.441. The number of hydrogen-bond donors (Lipinski definition) is 0. The van der Waals surface area contributed by atoms with E-state index in [1.54, 1.807) is 7.05 Å². The van der Waals surface area contributed by atoms with Crippen LogP contribution in [0.5, 0.6) is 0 Å². The summed E-state index contributed by atoms with van der Waals surface area (Å²) < 4.78 is 5.72. The molecule has 0 aromatic rings. The minimum Gasteiger partial charge on any atom is -0.360 e. The number of likely N-dealkylation sites (N-methyl/N-ethyl adjacent to an activating group) is 2. The van der Waals surface area contributed by atoms with Crippen LogP contribution in [0.25, 0.3) is 0 Å². The molecule has 0 aromatic heterocycles. The second-order valence-electron chi connectivity index (χ2n) is 4.58. The van der Waals surface area contributed by atoms with Crippen molar-refractivity contribution in [2.75, 3.05) is 34.3 Å². The lowest BCUT2D eigenvalue weighted by Crippen LogP contribution is -2.56. The Kier molecular flexibility index (Phi) is 3.70. The average Bonchev–Trinajstić information content (AvgIpc) is 2.12. The fourth-order valence-electron chi connectivity index (χ4n) is 1.88. The van der Waals surface area contributed by atoms with E-state index in [-0.39, 0.29) is 11.5 Å². The van der Waals surface area contributed by atoms with Gasteiger partial charge in [-0.2, -0.15) is 0 Å². The lowest BCUT2D eigenvalue weighted by molar-refractivity contribution is -0.199. The number of hydroxylamine groups is 2. The summed E-state index contributed by atoms with van der Waals surface area (Å²) in [5, 5.41) is 1.21. The van der Waals surface area contributed by atoms with Crippen molar-refractivity contribution in [1.82, 2.24) is 9.96 Å². The Bertz CT molecular complexity index is 243. The van der Waals surface area contributed by atoms with Gasteiger partial charge in [-0.05, 0) is 20.9 Å². The molecule has 1 amide bonds. The normalized spacial score (nSPS) is 26.3. The molecule has 0 N–H and O–H groups in total. The SMILES string of the molecule is CON(C)C(=O)[C@H]1CN(C)CC(C)(C)O1. The highest BCUT2D eigenvalue weighted by molar-refractivity contribution is 5.80. The van der Waals surface area contributed by atoms with Crippen molar-refractivity contribution >= 4 is 5.91 Å². The van der Waals surface area contributed by atoms with Gasteiger partial charge in [0.1, 0.15) is 0 Å².